The number of carbonyl (C=O) groups excluding carboxylic acids is 1. The van der Waals surface area contributed by atoms with Gasteiger partial charge in [-0.15, -0.1) is 0 Å². The van der Waals surface area contributed by atoms with Gasteiger partial charge in [0.2, 0.25) is 16.9 Å². The monoisotopic (exact) mass is 466 g/mol. The van der Waals surface area contributed by atoms with Crippen LogP contribution in [0.15, 0.2) is 68.2 Å². The van der Waals surface area contributed by atoms with Gasteiger partial charge in [-0.1, -0.05) is 56.6 Å². The lowest BCUT2D eigenvalue weighted by Gasteiger charge is -2.19. The summed E-state index contributed by atoms with van der Waals surface area (Å²) in [5.74, 6) is 0.140. The van der Waals surface area contributed by atoms with Crippen LogP contribution in [0.1, 0.15) is 42.6 Å². The fourth-order valence-corrected chi connectivity index (χ4v) is 3.57. The zero-order valence-corrected chi connectivity index (χ0v) is 19.5. The molecule has 170 valence electrons. The molecule has 0 spiro atoms. The van der Waals surface area contributed by atoms with Crippen molar-refractivity contribution in [2.24, 2.45) is 0 Å². The summed E-state index contributed by atoms with van der Waals surface area (Å²) in [7, 11) is 1.27. The van der Waals surface area contributed by atoms with Gasteiger partial charge in [-0.05, 0) is 41.3 Å². The first-order valence-electron chi connectivity index (χ1n) is 10.3. The van der Waals surface area contributed by atoms with Crippen LogP contribution in [0, 0.1) is 0 Å². The standard InChI is InChI=1S/C26H23ClO6/c1-26(2,3)16-7-5-15(6-8-16)23-24(22(28)19-13-17(27)9-11-20(19)33-23)31-14-18-10-12-21(32-18)25(29)30-4/h5-13H,14H2,1-4H3. The fraction of sp³-hybridized carbons (Fsp3) is 0.231. The molecule has 4 aromatic rings. The predicted molar refractivity (Wildman–Crippen MR) is 126 cm³/mol. The molecule has 0 unspecified atom stereocenters. The lowest BCUT2D eigenvalue weighted by atomic mass is 9.86. The summed E-state index contributed by atoms with van der Waals surface area (Å²) in [5, 5.41) is 0.721. The Morgan fingerprint density at radius 2 is 1.73 bits per heavy atom. The minimum atomic E-state index is -0.597. The molecule has 0 N–H and O–H groups in total. The van der Waals surface area contributed by atoms with Gasteiger partial charge in [0.1, 0.15) is 18.0 Å². The first-order chi connectivity index (χ1) is 15.7. The van der Waals surface area contributed by atoms with Crippen LogP contribution in [0.4, 0.5) is 0 Å². The van der Waals surface area contributed by atoms with Gasteiger partial charge in [-0.25, -0.2) is 4.79 Å². The zero-order valence-electron chi connectivity index (χ0n) is 18.7. The fourth-order valence-electron chi connectivity index (χ4n) is 3.40. The Labute approximate surface area is 195 Å². The second kappa shape index (κ2) is 8.79. The molecular formula is C26H23ClO6. The highest BCUT2D eigenvalue weighted by molar-refractivity contribution is 6.31. The summed E-state index contributed by atoms with van der Waals surface area (Å²) in [6.45, 7) is 6.30. The Bertz CT molecular complexity index is 1370. The molecule has 0 aliphatic rings. The Kier molecular flexibility index (Phi) is 6.04. The molecule has 0 atom stereocenters. The summed E-state index contributed by atoms with van der Waals surface area (Å²) in [4.78, 5) is 25.0. The molecule has 0 aliphatic heterocycles. The van der Waals surface area contributed by atoms with Gasteiger partial charge < -0.3 is 18.3 Å². The molecule has 0 radical (unpaired) electrons. The summed E-state index contributed by atoms with van der Waals surface area (Å²) < 4.78 is 22.1. The van der Waals surface area contributed by atoms with E-state index in [2.05, 4.69) is 25.5 Å². The third-order valence-corrected chi connectivity index (χ3v) is 5.47. The van der Waals surface area contributed by atoms with Gasteiger partial charge in [0.05, 0.1) is 12.5 Å². The van der Waals surface area contributed by atoms with Crippen molar-refractivity contribution in [2.75, 3.05) is 7.11 Å². The van der Waals surface area contributed by atoms with Gasteiger partial charge >= 0.3 is 5.97 Å². The van der Waals surface area contributed by atoms with Gasteiger partial charge in [0.15, 0.2) is 5.76 Å². The average molecular weight is 467 g/mol. The number of furan rings is 1. The van der Waals surface area contributed by atoms with E-state index in [4.69, 9.17) is 25.2 Å². The van der Waals surface area contributed by atoms with E-state index < -0.39 is 5.97 Å². The average Bonchev–Trinajstić information content (AvgIpc) is 3.27. The van der Waals surface area contributed by atoms with E-state index in [0.717, 1.165) is 5.56 Å². The van der Waals surface area contributed by atoms with Gasteiger partial charge in [0, 0.05) is 10.6 Å². The van der Waals surface area contributed by atoms with Crippen molar-refractivity contribution in [3.05, 3.63) is 86.9 Å². The lowest BCUT2D eigenvalue weighted by Crippen LogP contribution is -2.11. The van der Waals surface area contributed by atoms with E-state index in [1.54, 1.807) is 24.3 Å². The zero-order chi connectivity index (χ0) is 23.8. The topological polar surface area (TPSA) is 78.9 Å². The Morgan fingerprint density at radius 1 is 1.00 bits per heavy atom. The van der Waals surface area contributed by atoms with Gasteiger partial charge in [0.25, 0.3) is 0 Å². The van der Waals surface area contributed by atoms with Crippen molar-refractivity contribution < 1.29 is 23.1 Å². The molecule has 6 nitrogen and oxygen atoms in total. The summed E-state index contributed by atoms with van der Waals surface area (Å²) in [5.41, 5.74) is 1.87. The van der Waals surface area contributed by atoms with Crippen molar-refractivity contribution in [3.63, 3.8) is 0 Å². The molecule has 0 saturated carbocycles. The highest BCUT2D eigenvalue weighted by atomic mass is 35.5. The second-order valence-electron chi connectivity index (χ2n) is 8.60. The SMILES string of the molecule is COC(=O)c1ccc(COc2c(-c3ccc(C(C)(C)C)cc3)oc3ccc(Cl)cc3c2=O)o1. The molecule has 0 saturated heterocycles. The third kappa shape index (κ3) is 4.66. The van der Waals surface area contributed by atoms with Crippen molar-refractivity contribution in [1.29, 1.82) is 0 Å². The van der Waals surface area contributed by atoms with Crippen molar-refractivity contribution in [2.45, 2.75) is 32.8 Å². The van der Waals surface area contributed by atoms with E-state index in [-0.39, 0.29) is 29.0 Å². The lowest BCUT2D eigenvalue weighted by molar-refractivity contribution is 0.0561. The molecule has 4 rings (SSSR count). The van der Waals surface area contributed by atoms with Crippen LogP contribution in [-0.2, 0) is 16.8 Å². The number of fused-ring (bicyclic) bond motifs is 1. The molecule has 0 aliphatic carbocycles. The molecule has 0 bridgehead atoms. The molecule has 0 amide bonds. The Balaban J connectivity index is 1.77. The molecule has 7 heteroatoms. The van der Waals surface area contributed by atoms with E-state index >= 15 is 0 Å². The number of esters is 1. The van der Waals surface area contributed by atoms with E-state index in [0.29, 0.717) is 33.1 Å². The first-order valence-corrected chi connectivity index (χ1v) is 10.7. The van der Waals surface area contributed by atoms with Crippen LogP contribution in [0.3, 0.4) is 0 Å². The van der Waals surface area contributed by atoms with Crippen LogP contribution in [0.5, 0.6) is 5.75 Å². The number of rotatable bonds is 5. The van der Waals surface area contributed by atoms with Crippen LogP contribution in [-0.4, -0.2) is 13.1 Å². The quantitative estimate of drug-likeness (QED) is 0.318. The number of hydrogen-bond acceptors (Lipinski definition) is 6. The number of halogens is 1. The summed E-state index contributed by atoms with van der Waals surface area (Å²) in [6, 6.07) is 15.7. The van der Waals surface area contributed by atoms with Crippen molar-refractivity contribution in [3.8, 4) is 17.1 Å². The minimum Gasteiger partial charge on any atom is -0.478 e. The van der Waals surface area contributed by atoms with Gasteiger partial charge in [-0.2, -0.15) is 0 Å². The van der Waals surface area contributed by atoms with E-state index in [1.807, 2.05) is 24.3 Å². The maximum absolute atomic E-state index is 13.3. The minimum absolute atomic E-state index is 0.0184. The number of carbonyl (C=O) groups is 1. The van der Waals surface area contributed by atoms with Gasteiger partial charge in [-0.3, -0.25) is 4.79 Å². The van der Waals surface area contributed by atoms with E-state index in [1.165, 1.54) is 13.2 Å². The highest BCUT2D eigenvalue weighted by Gasteiger charge is 2.21. The maximum atomic E-state index is 13.3. The smallest absolute Gasteiger partial charge is 0.373 e. The van der Waals surface area contributed by atoms with Crippen molar-refractivity contribution >= 4 is 28.5 Å². The Morgan fingerprint density at radius 3 is 2.39 bits per heavy atom. The summed E-state index contributed by atoms with van der Waals surface area (Å²) >= 11 is 6.10. The highest BCUT2D eigenvalue weighted by Crippen LogP contribution is 2.34. The second-order valence-corrected chi connectivity index (χ2v) is 9.04. The largest absolute Gasteiger partial charge is 0.478 e. The Hall–Kier alpha value is -3.51. The van der Waals surface area contributed by atoms with Crippen molar-refractivity contribution in [1.82, 2.24) is 0 Å². The first kappa shape index (κ1) is 22.7. The number of ether oxygens (including phenoxy) is 2. The molecule has 2 heterocycles. The molecule has 2 aromatic heterocycles. The summed E-state index contributed by atoms with van der Waals surface area (Å²) in [6.07, 6.45) is 0. The normalized spacial score (nSPS) is 11.5. The predicted octanol–water partition coefficient (Wildman–Crippen LogP) is 6.37. The molecule has 33 heavy (non-hydrogen) atoms. The number of hydrogen-bond donors (Lipinski definition) is 0. The molecular weight excluding hydrogens is 444 g/mol. The number of benzene rings is 2. The number of methoxy groups -OCH3 is 1. The maximum Gasteiger partial charge on any atom is 0.373 e. The third-order valence-electron chi connectivity index (χ3n) is 5.23. The molecule has 2 aromatic carbocycles. The van der Waals surface area contributed by atoms with Crippen LogP contribution < -0.4 is 10.2 Å². The molecule has 0 fully saturated rings. The van der Waals surface area contributed by atoms with Crippen LogP contribution >= 0.6 is 11.6 Å². The van der Waals surface area contributed by atoms with Crippen LogP contribution in [0.25, 0.3) is 22.3 Å². The van der Waals surface area contributed by atoms with E-state index in [9.17, 15) is 9.59 Å². The van der Waals surface area contributed by atoms with Crippen LogP contribution in [0.2, 0.25) is 5.02 Å².